The topological polar surface area (TPSA) is 16.1 Å². The number of benzene rings is 1. The number of aromatic nitrogens is 1. The first-order valence-electron chi connectivity index (χ1n) is 3.91. The van der Waals surface area contributed by atoms with Crippen LogP contribution in [0.25, 0.3) is 10.2 Å². The lowest BCUT2D eigenvalue weighted by Gasteiger charge is -2.04. The SMILES string of the molecule is CN(C)c1nc2cccc(Br)c2s1. The fourth-order valence-corrected chi connectivity index (χ4v) is 2.59. The van der Waals surface area contributed by atoms with E-state index in [1.165, 1.54) is 4.70 Å². The molecule has 0 N–H and O–H groups in total. The maximum Gasteiger partial charge on any atom is 0.185 e. The van der Waals surface area contributed by atoms with E-state index in [4.69, 9.17) is 0 Å². The highest BCUT2D eigenvalue weighted by molar-refractivity contribution is 9.10. The highest BCUT2D eigenvalue weighted by Crippen LogP contribution is 2.32. The van der Waals surface area contributed by atoms with Gasteiger partial charge in [0, 0.05) is 18.6 Å². The summed E-state index contributed by atoms with van der Waals surface area (Å²) in [6.45, 7) is 0. The molecule has 68 valence electrons. The van der Waals surface area contributed by atoms with Gasteiger partial charge in [0.2, 0.25) is 0 Å². The van der Waals surface area contributed by atoms with Crippen LogP contribution < -0.4 is 4.90 Å². The van der Waals surface area contributed by atoms with E-state index < -0.39 is 0 Å². The lowest BCUT2D eigenvalue weighted by atomic mass is 10.3. The third-order valence-corrected chi connectivity index (χ3v) is 3.93. The van der Waals surface area contributed by atoms with Crippen LogP contribution in [0.1, 0.15) is 0 Å². The molecule has 2 nitrogen and oxygen atoms in total. The fourth-order valence-electron chi connectivity index (χ4n) is 1.09. The van der Waals surface area contributed by atoms with Gasteiger partial charge in [0.25, 0.3) is 0 Å². The second-order valence-electron chi connectivity index (χ2n) is 2.98. The second-order valence-corrected chi connectivity index (χ2v) is 4.81. The highest BCUT2D eigenvalue weighted by Gasteiger charge is 2.06. The monoisotopic (exact) mass is 256 g/mol. The molecule has 1 heterocycles. The molecule has 0 bridgehead atoms. The molecule has 0 spiro atoms. The van der Waals surface area contributed by atoms with E-state index in [1.807, 2.05) is 37.2 Å². The maximum absolute atomic E-state index is 4.49. The van der Waals surface area contributed by atoms with Crippen molar-refractivity contribution in [2.45, 2.75) is 0 Å². The first-order chi connectivity index (χ1) is 6.18. The van der Waals surface area contributed by atoms with E-state index in [-0.39, 0.29) is 0 Å². The molecule has 0 atom stereocenters. The zero-order valence-corrected chi connectivity index (χ0v) is 9.82. The van der Waals surface area contributed by atoms with Crippen LogP contribution in [0.4, 0.5) is 5.13 Å². The van der Waals surface area contributed by atoms with Gasteiger partial charge in [-0.2, -0.15) is 0 Å². The Morgan fingerprint density at radius 3 is 2.77 bits per heavy atom. The summed E-state index contributed by atoms with van der Waals surface area (Å²) in [6.07, 6.45) is 0. The predicted octanol–water partition coefficient (Wildman–Crippen LogP) is 3.12. The quantitative estimate of drug-likeness (QED) is 0.780. The van der Waals surface area contributed by atoms with Gasteiger partial charge >= 0.3 is 0 Å². The number of rotatable bonds is 1. The van der Waals surface area contributed by atoms with Gasteiger partial charge in [0.15, 0.2) is 5.13 Å². The van der Waals surface area contributed by atoms with Crippen molar-refractivity contribution < 1.29 is 0 Å². The number of hydrogen-bond donors (Lipinski definition) is 0. The molecule has 0 aliphatic heterocycles. The summed E-state index contributed by atoms with van der Waals surface area (Å²) in [5.74, 6) is 0. The molecule has 1 aromatic carbocycles. The number of nitrogens with zero attached hydrogens (tertiary/aromatic N) is 2. The van der Waals surface area contributed by atoms with Crippen LogP contribution in [0.3, 0.4) is 0 Å². The number of fused-ring (bicyclic) bond motifs is 1. The normalized spacial score (nSPS) is 10.7. The van der Waals surface area contributed by atoms with Crippen LogP contribution in [-0.2, 0) is 0 Å². The van der Waals surface area contributed by atoms with E-state index in [2.05, 4.69) is 20.9 Å². The van der Waals surface area contributed by atoms with Crippen LogP contribution in [0.5, 0.6) is 0 Å². The zero-order valence-electron chi connectivity index (χ0n) is 7.41. The number of thiazole rings is 1. The second kappa shape index (κ2) is 3.27. The van der Waals surface area contributed by atoms with E-state index in [9.17, 15) is 0 Å². The Bertz CT molecular complexity index is 436. The van der Waals surface area contributed by atoms with Crippen LogP contribution in [0, 0.1) is 0 Å². The van der Waals surface area contributed by atoms with Crippen LogP contribution >= 0.6 is 27.3 Å². The van der Waals surface area contributed by atoms with Gasteiger partial charge in [-0.05, 0) is 28.1 Å². The molecule has 0 aliphatic rings. The summed E-state index contributed by atoms with van der Waals surface area (Å²) >= 11 is 5.21. The number of halogens is 1. The first-order valence-corrected chi connectivity index (χ1v) is 5.52. The Kier molecular flexibility index (Phi) is 2.26. The molecule has 0 aliphatic carbocycles. The highest BCUT2D eigenvalue weighted by atomic mass is 79.9. The van der Waals surface area contributed by atoms with Crippen LogP contribution in [-0.4, -0.2) is 19.1 Å². The molecule has 2 aromatic rings. The van der Waals surface area contributed by atoms with Gasteiger partial charge in [-0.3, -0.25) is 0 Å². The summed E-state index contributed by atoms with van der Waals surface area (Å²) in [5, 5.41) is 1.04. The Morgan fingerprint density at radius 2 is 2.15 bits per heavy atom. The summed E-state index contributed by atoms with van der Waals surface area (Å²) in [7, 11) is 4.01. The van der Waals surface area contributed by atoms with Crippen LogP contribution in [0.2, 0.25) is 0 Å². The third-order valence-electron chi connectivity index (χ3n) is 1.74. The zero-order chi connectivity index (χ0) is 9.42. The third kappa shape index (κ3) is 1.56. The van der Waals surface area contributed by atoms with Crippen molar-refractivity contribution in [2.75, 3.05) is 19.0 Å². The molecule has 2 rings (SSSR count). The molecule has 1 aromatic heterocycles. The van der Waals surface area contributed by atoms with Gasteiger partial charge < -0.3 is 4.90 Å². The minimum absolute atomic E-state index is 1.04. The smallest absolute Gasteiger partial charge is 0.185 e. The van der Waals surface area contributed by atoms with E-state index in [1.54, 1.807) is 11.3 Å². The summed E-state index contributed by atoms with van der Waals surface area (Å²) in [5.41, 5.74) is 1.06. The number of anilines is 1. The molecule has 13 heavy (non-hydrogen) atoms. The van der Waals surface area contributed by atoms with E-state index in [0.29, 0.717) is 0 Å². The van der Waals surface area contributed by atoms with Gasteiger partial charge in [-0.25, -0.2) is 4.98 Å². The molecular weight excluding hydrogens is 248 g/mol. The molecule has 0 radical (unpaired) electrons. The lowest BCUT2D eigenvalue weighted by Crippen LogP contribution is -2.07. The summed E-state index contributed by atoms with van der Waals surface area (Å²) in [6, 6.07) is 6.08. The Hall–Kier alpha value is -0.610. The average molecular weight is 257 g/mol. The Labute approximate surface area is 89.3 Å². The Morgan fingerprint density at radius 1 is 1.38 bits per heavy atom. The van der Waals surface area contributed by atoms with Crippen LogP contribution in [0.15, 0.2) is 22.7 Å². The predicted molar refractivity (Wildman–Crippen MR) is 61.6 cm³/mol. The van der Waals surface area contributed by atoms with Crippen molar-refractivity contribution in [1.82, 2.24) is 4.98 Å². The molecule has 0 saturated carbocycles. The van der Waals surface area contributed by atoms with Crippen molar-refractivity contribution in [2.24, 2.45) is 0 Å². The van der Waals surface area contributed by atoms with Gasteiger partial charge in [0.1, 0.15) is 0 Å². The van der Waals surface area contributed by atoms with Gasteiger partial charge in [0.05, 0.1) is 10.2 Å². The summed E-state index contributed by atoms with van der Waals surface area (Å²) < 4.78 is 2.34. The van der Waals surface area contributed by atoms with Crippen molar-refractivity contribution in [3.05, 3.63) is 22.7 Å². The van der Waals surface area contributed by atoms with Crippen molar-refractivity contribution >= 4 is 42.6 Å². The molecule has 4 heteroatoms. The minimum atomic E-state index is 1.04. The Balaban J connectivity index is 2.68. The minimum Gasteiger partial charge on any atom is -0.354 e. The lowest BCUT2D eigenvalue weighted by molar-refractivity contribution is 1.11. The molecule has 0 amide bonds. The van der Waals surface area contributed by atoms with Crippen molar-refractivity contribution in [1.29, 1.82) is 0 Å². The molecule has 0 saturated heterocycles. The largest absolute Gasteiger partial charge is 0.354 e. The average Bonchev–Trinajstić information content (AvgIpc) is 2.49. The van der Waals surface area contributed by atoms with Gasteiger partial charge in [-0.1, -0.05) is 17.4 Å². The van der Waals surface area contributed by atoms with Gasteiger partial charge in [-0.15, -0.1) is 0 Å². The molecule has 0 fully saturated rings. The maximum atomic E-state index is 4.49. The van der Waals surface area contributed by atoms with Crippen molar-refractivity contribution in [3.63, 3.8) is 0 Å². The fraction of sp³-hybridized carbons (Fsp3) is 0.222. The van der Waals surface area contributed by atoms with E-state index >= 15 is 0 Å². The standard InChI is InChI=1S/C9H9BrN2S/c1-12(2)9-11-7-5-3-4-6(10)8(7)13-9/h3-5H,1-2H3. The molecule has 0 unspecified atom stereocenters. The number of hydrogen-bond acceptors (Lipinski definition) is 3. The first kappa shape index (κ1) is 8.97. The molecular formula is C9H9BrN2S. The summed E-state index contributed by atoms with van der Waals surface area (Å²) in [4.78, 5) is 6.51. The van der Waals surface area contributed by atoms with Crippen molar-refractivity contribution in [3.8, 4) is 0 Å². The van der Waals surface area contributed by atoms with E-state index in [0.717, 1.165) is 15.1 Å².